The number of amides is 4. The van der Waals surface area contributed by atoms with Crippen LogP contribution in [0.4, 0.5) is 5.69 Å². The van der Waals surface area contributed by atoms with Gasteiger partial charge in [-0.05, 0) is 30.2 Å². The highest BCUT2D eigenvalue weighted by Gasteiger charge is 2.39. The molecule has 3 rings (SSSR count). The van der Waals surface area contributed by atoms with E-state index < -0.39 is 11.9 Å². The van der Waals surface area contributed by atoms with Gasteiger partial charge in [-0.25, -0.2) is 0 Å². The highest BCUT2D eigenvalue weighted by Crippen LogP contribution is 2.29. The zero-order chi connectivity index (χ0) is 29.3. The second-order valence-corrected chi connectivity index (χ2v) is 9.08. The van der Waals surface area contributed by atoms with Crippen molar-refractivity contribution in [3.63, 3.8) is 0 Å². The summed E-state index contributed by atoms with van der Waals surface area (Å²) in [5, 5.41) is 5.02. The minimum atomic E-state index is -0.686. The fourth-order valence-electron chi connectivity index (χ4n) is 4.14. The first-order chi connectivity index (χ1) is 20.0. The summed E-state index contributed by atoms with van der Waals surface area (Å²) in [6.07, 6.45) is 5.55. The highest BCUT2D eigenvalue weighted by atomic mass is 16.6. The summed E-state index contributed by atoms with van der Waals surface area (Å²) < 4.78 is 32.0. The summed E-state index contributed by atoms with van der Waals surface area (Å²) in [7, 11) is 0. The molecule has 2 heterocycles. The molecule has 0 bridgehead atoms. The van der Waals surface area contributed by atoms with Gasteiger partial charge < -0.3 is 38.6 Å². The van der Waals surface area contributed by atoms with Gasteiger partial charge in [-0.2, -0.15) is 0 Å². The Morgan fingerprint density at radius 1 is 0.902 bits per heavy atom. The molecule has 1 saturated heterocycles. The number of anilines is 1. The molecule has 1 atom stereocenters. The van der Waals surface area contributed by atoms with Crippen molar-refractivity contribution in [2.24, 2.45) is 0 Å². The van der Waals surface area contributed by atoms with E-state index >= 15 is 0 Å². The number of terminal acetylenes is 1. The second kappa shape index (κ2) is 18.1. The van der Waals surface area contributed by atoms with Crippen molar-refractivity contribution in [1.29, 1.82) is 0 Å². The van der Waals surface area contributed by atoms with E-state index in [2.05, 4.69) is 16.6 Å². The molecule has 0 radical (unpaired) electrons. The molecule has 1 aromatic rings. The quantitative estimate of drug-likeness (QED) is 0.125. The number of hydrogen-bond donors (Lipinski definition) is 2. The van der Waals surface area contributed by atoms with E-state index in [4.69, 9.17) is 34.8 Å². The van der Waals surface area contributed by atoms with Crippen LogP contribution in [0.25, 0.3) is 0 Å². The monoisotopic (exact) mass is 575 g/mol. The van der Waals surface area contributed by atoms with Crippen LogP contribution in [0, 0.1) is 12.3 Å². The van der Waals surface area contributed by atoms with Gasteiger partial charge in [-0.3, -0.25) is 24.5 Å². The minimum absolute atomic E-state index is 0.155. The summed E-state index contributed by atoms with van der Waals surface area (Å²) in [4.78, 5) is 50.1. The largest absolute Gasteiger partial charge is 0.377 e. The second-order valence-electron chi connectivity index (χ2n) is 9.08. The Morgan fingerprint density at radius 2 is 1.49 bits per heavy atom. The number of piperidine rings is 1. The van der Waals surface area contributed by atoms with Crippen LogP contribution < -0.4 is 10.6 Å². The van der Waals surface area contributed by atoms with Crippen molar-refractivity contribution in [3.8, 4) is 12.3 Å². The molecule has 13 nitrogen and oxygen atoms in total. The fourth-order valence-corrected chi connectivity index (χ4v) is 4.14. The Hall–Kier alpha value is -3.38. The van der Waals surface area contributed by atoms with Gasteiger partial charge in [0, 0.05) is 24.2 Å². The lowest BCUT2D eigenvalue weighted by atomic mass is 10.0. The van der Waals surface area contributed by atoms with Crippen LogP contribution in [0.5, 0.6) is 0 Å². The molecular formula is C28H37N3O10. The standard InChI is InChI=1S/C28H37N3O10/c1-2-7-36-8-9-37-10-11-38-12-13-39-14-15-40-16-17-41-20-26(33)29-22-3-4-23-21(18-22)19-31(28(23)35)24-5-6-25(32)30-27(24)34/h1,3-4,18,24H,5-17,19-20H2,(H,29,33)(H,30,32,34). The molecule has 0 aromatic heterocycles. The molecule has 0 saturated carbocycles. The van der Waals surface area contributed by atoms with Crippen molar-refractivity contribution >= 4 is 29.3 Å². The highest BCUT2D eigenvalue weighted by molar-refractivity contribution is 6.05. The van der Waals surface area contributed by atoms with Crippen LogP contribution in [0.3, 0.4) is 0 Å². The Kier molecular flexibility index (Phi) is 14.2. The number of carbonyl (C=O) groups excluding carboxylic acids is 4. The van der Waals surface area contributed by atoms with Crippen LogP contribution in [0.15, 0.2) is 18.2 Å². The third-order valence-corrected chi connectivity index (χ3v) is 6.09. The summed E-state index contributed by atoms with van der Waals surface area (Å²) in [5.41, 5.74) is 1.69. The molecule has 0 spiro atoms. The maximum Gasteiger partial charge on any atom is 0.255 e. The molecule has 1 fully saturated rings. The summed E-state index contributed by atoms with van der Waals surface area (Å²) >= 11 is 0. The number of nitrogens with one attached hydrogen (secondary N) is 2. The maximum atomic E-state index is 12.8. The molecule has 13 heteroatoms. The number of fused-ring (bicyclic) bond motifs is 1. The van der Waals surface area contributed by atoms with E-state index in [0.717, 1.165) is 0 Å². The Balaban J connectivity index is 1.17. The molecule has 2 aliphatic rings. The van der Waals surface area contributed by atoms with Gasteiger partial charge in [0.05, 0.1) is 66.1 Å². The smallest absolute Gasteiger partial charge is 0.255 e. The van der Waals surface area contributed by atoms with Crippen molar-refractivity contribution in [2.75, 3.05) is 84.6 Å². The minimum Gasteiger partial charge on any atom is -0.377 e. The molecule has 224 valence electrons. The number of nitrogens with zero attached hydrogens (tertiary/aromatic N) is 1. The van der Waals surface area contributed by atoms with Crippen molar-refractivity contribution in [2.45, 2.75) is 25.4 Å². The topological polar surface area (TPSA) is 151 Å². The first kappa shape index (κ1) is 32.1. The Morgan fingerprint density at radius 3 is 2.07 bits per heavy atom. The van der Waals surface area contributed by atoms with Gasteiger partial charge in [0.2, 0.25) is 17.7 Å². The normalized spacial score (nSPS) is 16.4. The summed E-state index contributed by atoms with van der Waals surface area (Å²) in [6.45, 7) is 4.48. The third kappa shape index (κ3) is 11.2. The van der Waals surface area contributed by atoms with E-state index in [1.165, 1.54) is 4.90 Å². The van der Waals surface area contributed by atoms with Gasteiger partial charge in [-0.1, -0.05) is 5.92 Å². The molecule has 2 aliphatic heterocycles. The lowest BCUT2D eigenvalue weighted by Gasteiger charge is -2.29. The van der Waals surface area contributed by atoms with Crippen molar-refractivity contribution in [3.05, 3.63) is 29.3 Å². The third-order valence-electron chi connectivity index (χ3n) is 6.09. The Labute approximate surface area is 239 Å². The molecule has 1 unspecified atom stereocenters. The number of benzene rings is 1. The van der Waals surface area contributed by atoms with E-state index in [-0.39, 0.29) is 50.5 Å². The maximum absolute atomic E-state index is 12.8. The van der Waals surface area contributed by atoms with Crippen LogP contribution in [0.2, 0.25) is 0 Å². The van der Waals surface area contributed by atoms with Gasteiger partial charge in [0.25, 0.3) is 5.91 Å². The zero-order valence-electron chi connectivity index (χ0n) is 23.0. The molecule has 1 aromatic carbocycles. The first-order valence-electron chi connectivity index (χ1n) is 13.5. The Bertz CT molecular complexity index is 1070. The first-order valence-corrected chi connectivity index (χ1v) is 13.5. The van der Waals surface area contributed by atoms with E-state index in [9.17, 15) is 19.2 Å². The van der Waals surface area contributed by atoms with Gasteiger partial charge in [-0.15, -0.1) is 6.42 Å². The van der Waals surface area contributed by atoms with E-state index in [1.807, 2.05) is 0 Å². The zero-order valence-corrected chi connectivity index (χ0v) is 23.0. The average Bonchev–Trinajstić information content (AvgIpc) is 3.27. The lowest BCUT2D eigenvalue weighted by molar-refractivity contribution is -0.137. The van der Waals surface area contributed by atoms with E-state index in [0.29, 0.717) is 82.7 Å². The number of rotatable bonds is 20. The average molecular weight is 576 g/mol. The number of carbonyl (C=O) groups is 4. The lowest BCUT2D eigenvalue weighted by Crippen LogP contribution is -2.52. The summed E-state index contributed by atoms with van der Waals surface area (Å²) in [6, 6.07) is 4.27. The predicted octanol–water partition coefficient (Wildman–Crippen LogP) is 0.119. The van der Waals surface area contributed by atoms with Crippen LogP contribution >= 0.6 is 0 Å². The van der Waals surface area contributed by atoms with Crippen LogP contribution in [-0.2, 0) is 49.3 Å². The van der Waals surface area contributed by atoms with Gasteiger partial charge >= 0.3 is 0 Å². The molecule has 0 aliphatic carbocycles. The number of ether oxygens (including phenoxy) is 6. The van der Waals surface area contributed by atoms with Crippen LogP contribution in [0.1, 0.15) is 28.8 Å². The van der Waals surface area contributed by atoms with Crippen molar-refractivity contribution < 1.29 is 47.6 Å². The summed E-state index contributed by atoms with van der Waals surface area (Å²) in [5.74, 6) is 0.966. The van der Waals surface area contributed by atoms with Crippen molar-refractivity contribution in [1.82, 2.24) is 10.2 Å². The molecule has 41 heavy (non-hydrogen) atoms. The fraction of sp³-hybridized carbons (Fsp3) is 0.571. The van der Waals surface area contributed by atoms with Crippen LogP contribution in [-0.4, -0.2) is 114 Å². The number of hydrogen-bond acceptors (Lipinski definition) is 10. The molecule has 2 N–H and O–H groups in total. The van der Waals surface area contributed by atoms with Gasteiger partial charge in [0.15, 0.2) is 0 Å². The molecule has 4 amide bonds. The van der Waals surface area contributed by atoms with Gasteiger partial charge in [0.1, 0.15) is 19.3 Å². The predicted molar refractivity (Wildman–Crippen MR) is 145 cm³/mol. The number of imide groups is 1. The van der Waals surface area contributed by atoms with E-state index in [1.54, 1.807) is 18.2 Å². The SMILES string of the molecule is C#CCOCCOCCOCCOCCOCCOCC(=O)Nc1ccc2c(c1)CN(C1CCC(=O)NC1=O)C2=O. The molecular weight excluding hydrogens is 538 g/mol.